The van der Waals surface area contributed by atoms with Gasteiger partial charge in [0.1, 0.15) is 0 Å². The summed E-state index contributed by atoms with van der Waals surface area (Å²) in [5.41, 5.74) is 0. The predicted octanol–water partition coefficient (Wildman–Crippen LogP) is 2.16. The van der Waals surface area contributed by atoms with Gasteiger partial charge in [0.15, 0.2) is 0 Å². The van der Waals surface area contributed by atoms with Crippen molar-refractivity contribution in [2.45, 2.75) is 26.1 Å². The molecule has 5 heteroatoms. The summed E-state index contributed by atoms with van der Waals surface area (Å²) in [5, 5.41) is 0. The van der Waals surface area contributed by atoms with E-state index in [4.69, 9.17) is 20.3 Å². The minimum atomic E-state index is -3.18. The van der Waals surface area contributed by atoms with E-state index in [1.54, 1.807) is 13.8 Å². The molecular formula is C4H8ClO3P. The first-order valence-corrected chi connectivity index (χ1v) is 5.12. The first kappa shape index (κ1) is 7.55. The van der Waals surface area contributed by atoms with Gasteiger partial charge in [-0.15, -0.1) is 0 Å². The highest BCUT2D eigenvalue weighted by molar-refractivity contribution is 7.81. The smallest absolute Gasteiger partial charge is 0.291 e. The van der Waals surface area contributed by atoms with Gasteiger partial charge in [-0.2, -0.15) is 0 Å². The predicted molar refractivity (Wildman–Crippen MR) is 34.6 cm³/mol. The summed E-state index contributed by atoms with van der Waals surface area (Å²) >= 11 is 5.27. The second kappa shape index (κ2) is 2.24. The molecule has 1 fully saturated rings. The highest BCUT2D eigenvalue weighted by Crippen LogP contribution is 2.60. The Kier molecular flexibility index (Phi) is 1.88. The Morgan fingerprint density at radius 1 is 1.33 bits per heavy atom. The second-order valence-corrected chi connectivity index (χ2v) is 4.58. The van der Waals surface area contributed by atoms with Gasteiger partial charge < -0.3 is 0 Å². The van der Waals surface area contributed by atoms with Gasteiger partial charge in [0.05, 0.1) is 12.2 Å². The maximum atomic E-state index is 10.8. The van der Waals surface area contributed by atoms with Gasteiger partial charge in [0.25, 0.3) is 0 Å². The van der Waals surface area contributed by atoms with Crippen molar-refractivity contribution in [1.82, 2.24) is 0 Å². The fourth-order valence-electron chi connectivity index (χ4n) is 0.593. The molecule has 0 aromatic rings. The molecular weight excluding hydrogens is 162 g/mol. The van der Waals surface area contributed by atoms with E-state index in [2.05, 4.69) is 0 Å². The zero-order chi connectivity index (χ0) is 7.07. The lowest BCUT2D eigenvalue weighted by molar-refractivity contribution is 0.187. The normalized spacial score (nSPS) is 41.2. The van der Waals surface area contributed by atoms with Gasteiger partial charge >= 0.3 is 6.95 Å². The van der Waals surface area contributed by atoms with Crippen molar-refractivity contribution in [3.8, 4) is 0 Å². The first-order valence-electron chi connectivity index (χ1n) is 2.68. The second-order valence-electron chi connectivity index (χ2n) is 2.05. The van der Waals surface area contributed by atoms with E-state index >= 15 is 0 Å². The van der Waals surface area contributed by atoms with E-state index in [1.165, 1.54) is 0 Å². The summed E-state index contributed by atoms with van der Waals surface area (Å²) in [6, 6.07) is 0. The standard InChI is InChI=1S/C4H8ClO3P/c1-3-4(2)8-9(5,6)7-3/h3-4H,1-2H3/t3-,4-/m1/s1. The van der Waals surface area contributed by atoms with E-state index in [1.807, 2.05) is 0 Å². The molecule has 0 N–H and O–H groups in total. The van der Waals surface area contributed by atoms with Crippen molar-refractivity contribution in [3.05, 3.63) is 0 Å². The first-order chi connectivity index (χ1) is 4.01. The van der Waals surface area contributed by atoms with E-state index in [0.717, 1.165) is 0 Å². The van der Waals surface area contributed by atoms with Crippen molar-refractivity contribution >= 4 is 18.2 Å². The van der Waals surface area contributed by atoms with E-state index in [9.17, 15) is 4.57 Å². The maximum absolute atomic E-state index is 10.8. The highest BCUT2D eigenvalue weighted by atomic mass is 35.7. The zero-order valence-electron chi connectivity index (χ0n) is 5.20. The molecule has 0 radical (unpaired) electrons. The summed E-state index contributed by atoms with van der Waals surface area (Å²) in [6.45, 7) is 0.358. The van der Waals surface area contributed by atoms with Crippen LogP contribution in [0.25, 0.3) is 0 Å². The molecule has 2 atom stereocenters. The van der Waals surface area contributed by atoms with Gasteiger partial charge in [-0.1, -0.05) is 0 Å². The Bertz CT molecular complexity index is 146. The monoisotopic (exact) mass is 170 g/mol. The van der Waals surface area contributed by atoms with Crippen molar-refractivity contribution in [3.63, 3.8) is 0 Å². The lowest BCUT2D eigenvalue weighted by Crippen LogP contribution is -2.13. The van der Waals surface area contributed by atoms with Crippen LogP contribution in [0.1, 0.15) is 13.8 Å². The van der Waals surface area contributed by atoms with Crippen LogP contribution < -0.4 is 0 Å². The summed E-state index contributed by atoms with van der Waals surface area (Å²) < 4.78 is 20.3. The van der Waals surface area contributed by atoms with Crippen LogP contribution in [0.2, 0.25) is 0 Å². The molecule has 0 unspecified atom stereocenters. The Balaban J connectivity index is 2.65. The van der Waals surface area contributed by atoms with Crippen LogP contribution in [0, 0.1) is 0 Å². The molecule has 0 aliphatic carbocycles. The quantitative estimate of drug-likeness (QED) is 0.523. The van der Waals surface area contributed by atoms with E-state index in [0.29, 0.717) is 0 Å². The molecule has 9 heavy (non-hydrogen) atoms. The lowest BCUT2D eigenvalue weighted by Gasteiger charge is -2.00. The van der Waals surface area contributed by atoms with E-state index < -0.39 is 6.95 Å². The number of rotatable bonds is 0. The van der Waals surface area contributed by atoms with Crippen LogP contribution in [0.5, 0.6) is 0 Å². The molecule has 0 spiro atoms. The Morgan fingerprint density at radius 3 is 1.78 bits per heavy atom. The third kappa shape index (κ3) is 1.68. The van der Waals surface area contributed by atoms with Crippen LogP contribution in [0.3, 0.4) is 0 Å². The largest absolute Gasteiger partial charge is 0.424 e. The summed E-state index contributed by atoms with van der Waals surface area (Å²) in [6.07, 6.45) is -0.318. The van der Waals surface area contributed by atoms with Crippen LogP contribution >= 0.6 is 18.2 Å². The van der Waals surface area contributed by atoms with Crippen molar-refractivity contribution in [2.24, 2.45) is 0 Å². The molecule has 0 saturated carbocycles. The third-order valence-electron chi connectivity index (χ3n) is 1.25. The highest BCUT2D eigenvalue weighted by Gasteiger charge is 2.37. The maximum Gasteiger partial charge on any atom is 0.424 e. The topological polar surface area (TPSA) is 35.5 Å². The minimum absolute atomic E-state index is 0.159. The van der Waals surface area contributed by atoms with Gasteiger partial charge in [-0.05, 0) is 13.8 Å². The molecule has 0 aromatic carbocycles. The minimum Gasteiger partial charge on any atom is -0.291 e. The molecule has 1 saturated heterocycles. The number of hydrogen-bond acceptors (Lipinski definition) is 3. The average molecular weight is 171 g/mol. The summed E-state index contributed by atoms with van der Waals surface area (Å²) in [7, 11) is 0. The van der Waals surface area contributed by atoms with Crippen molar-refractivity contribution in [1.29, 1.82) is 0 Å². The van der Waals surface area contributed by atoms with E-state index in [-0.39, 0.29) is 12.2 Å². The van der Waals surface area contributed by atoms with Crippen LogP contribution in [0.15, 0.2) is 0 Å². The molecule has 0 aromatic heterocycles. The number of halogens is 1. The van der Waals surface area contributed by atoms with Gasteiger partial charge in [0.2, 0.25) is 0 Å². The van der Waals surface area contributed by atoms with Crippen molar-refractivity contribution < 1.29 is 13.6 Å². The van der Waals surface area contributed by atoms with Crippen LogP contribution in [-0.2, 0) is 13.6 Å². The molecule has 1 aliphatic heterocycles. The molecule has 0 bridgehead atoms. The fourth-order valence-corrected chi connectivity index (χ4v) is 2.53. The Morgan fingerprint density at radius 2 is 1.67 bits per heavy atom. The zero-order valence-corrected chi connectivity index (χ0v) is 6.85. The lowest BCUT2D eigenvalue weighted by atomic mass is 10.3. The third-order valence-corrected chi connectivity index (χ3v) is 2.89. The van der Waals surface area contributed by atoms with Crippen molar-refractivity contribution in [2.75, 3.05) is 0 Å². The number of hydrogen-bond donors (Lipinski definition) is 0. The van der Waals surface area contributed by atoms with Gasteiger partial charge in [-0.25, -0.2) is 4.57 Å². The average Bonchev–Trinajstić information content (AvgIpc) is 1.79. The molecule has 3 nitrogen and oxygen atoms in total. The molecule has 1 rings (SSSR count). The van der Waals surface area contributed by atoms with Crippen LogP contribution in [-0.4, -0.2) is 12.2 Å². The SMILES string of the molecule is C[C@H]1OP(=O)(Cl)O[C@@H]1C. The fraction of sp³-hybridized carbons (Fsp3) is 1.00. The molecule has 54 valence electrons. The summed E-state index contributed by atoms with van der Waals surface area (Å²) in [5.74, 6) is 0. The van der Waals surface area contributed by atoms with Gasteiger partial charge in [-0.3, -0.25) is 9.05 Å². The van der Waals surface area contributed by atoms with Crippen LogP contribution in [0.4, 0.5) is 0 Å². The van der Waals surface area contributed by atoms with Gasteiger partial charge in [0, 0.05) is 11.2 Å². The molecule has 0 amide bonds. The Hall–Kier alpha value is 0.440. The Labute approximate surface area is 58.6 Å². The summed E-state index contributed by atoms with van der Waals surface area (Å²) in [4.78, 5) is 0. The molecule has 1 heterocycles. The molecule has 1 aliphatic rings.